The number of ketones is 1. The second-order valence-electron chi connectivity index (χ2n) is 6.49. The molecule has 0 N–H and O–H groups in total. The molecule has 0 bridgehead atoms. The molecule has 2 aliphatic heterocycles. The molecule has 0 radical (unpaired) electrons. The number of hydrogen-bond acceptors (Lipinski definition) is 4. The Morgan fingerprint density at radius 1 is 1.17 bits per heavy atom. The lowest BCUT2D eigenvalue weighted by atomic mass is 9.82. The fourth-order valence-electron chi connectivity index (χ4n) is 3.15. The maximum atomic E-state index is 12.8. The summed E-state index contributed by atoms with van der Waals surface area (Å²) in [5.41, 5.74) is -0.484. The molecule has 2 heterocycles. The SMILES string of the molecule is CC1SCCSC1C(=O)C1CC(C)(C)OC1(C)C. The molecule has 3 atom stereocenters. The highest BCUT2D eigenvalue weighted by atomic mass is 32.2. The second-order valence-corrected chi connectivity index (χ2v) is 9.23. The maximum absolute atomic E-state index is 12.8. The van der Waals surface area contributed by atoms with Gasteiger partial charge in [-0.25, -0.2) is 0 Å². The van der Waals surface area contributed by atoms with Crippen molar-refractivity contribution < 1.29 is 9.53 Å². The summed E-state index contributed by atoms with van der Waals surface area (Å²) < 4.78 is 6.06. The van der Waals surface area contributed by atoms with Gasteiger partial charge in [-0.2, -0.15) is 11.8 Å². The largest absolute Gasteiger partial charge is 0.369 e. The first-order chi connectivity index (χ1) is 8.23. The molecular weight excluding hydrogens is 264 g/mol. The Hall–Kier alpha value is 0.330. The average Bonchev–Trinajstić information content (AvgIpc) is 2.46. The quantitative estimate of drug-likeness (QED) is 0.778. The predicted molar refractivity (Wildman–Crippen MR) is 80.5 cm³/mol. The maximum Gasteiger partial charge on any atom is 0.152 e. The van der Waals surface area contributed by atoms with E-state index in [0.29, 0.717) is 11.0 Å². The van der Waals surface area contributed by atoms with Gasteiger partial charge < -0.3 is 4.74 Å². The van der Waals surface area contributed by atoms with Crippen LogP contribution >= 0.6 is 23.5 Å². The number of rotatable bonds is 2. The molecule has 0 aromatic rings. The van der Waals surface area contributed by atoms with E-state index in [1.54, 1.807) is 0 Å². The molecule has 104 valence electrons. The van der Waals surface area contributed by atoms with Crippen LogP contribution in [0.15, 0.2) is 0 Å². The van der Waals surface area contributed by atoms with Crippen molar-refractivity contribution in [3.63, 3.8) is 0 Å². The van der Waals surface area contributed by atoms with Crippen LogP contribution in [0.4, 0.5) is 0 Å². The van der Waals surface area contributed by atoms with E-state index >= 15 is 0 Å². The minimum atomic E-state index is -0.316. The predicted octanol–water partition coefficient (Wildman–Crippen LogP) is 3.39. The van der Waals surface area contributed by atoms with E-state index in [4.69, 9.17) is 4.74 Å². The Balaban J connectivity index is 2.13. The summed E-state index contributed by atoms with van der Waals surface area (Å²) in [5.74, 6) is 2.73. The molecule has 2 rings (SSSR count). The average molecular weight is 288 g/mol. The number of carbonyl (C=O) groups excluding carboxylic acids is 1. The van der Waals surface area contributed by atoms with Crippen molar-refractivity contribution in [1.29, 1.82) is 0 Å². The van der Waals surface area contributed by atoms with Gasteiger partial charge in [-0.15, -0.1) is 11.8 Å². The van der Waals surface area contributed by atoms with E-state index in [2.05, 4.69) is 34.6 Å². The lowest BCUT2D eigenvalue weighted by Gasteiger charge is -2.32. The molecule has 2 aliphatic rings. The van der Waals surface area contributed by atoms with Crippen LogP contribution in [0.25, 0.3) is 0 Å². The molecule has 2 fully saturated rings. The van der Waals surface area contributed by atoms with E-state index in [9.17, 15) is 4.79 Å². The number of carbonyl (C=O) groups is 1. The first kappa shape index (κ1) is 14.7. The third kappa shape index (κ3) is 2.91. The van der Waals surface area contributed by atoms with Gasteiger partial charge in [0.15, 0.2) is 5.78 Å². The zero-order chi connectivity index (χ0) is 13.6. The molecule has 0 aromatic heterocycles. The summed E-state index contributed by atoms with van der Waals surface area (Å²) in [5, 5.41) is 0.598. The number of thioether (sulfide) groups is 2. The molecule has 2 nitrogen and oxygen atoms in total. The summed E-state index contributed by atoms with van der Waals surface area (Å²) >= 11 is 3.77. The smallest absolute Gasteiger partial charge is 0.152 e. The Morgan fingerprint density at radius 3 is 2.28 bits per heavy atom. The van der Waals surface area contributed by atoms with E-state index in [1.807, 2.05) is 23.5 Å². The summed E-state index contributed by atoms with van der Waals surface area (Å²) in [4.78, 5) is 12.8. The Labute approximate surface area is 119 Å². The van der Waals surface area contributed by atoms with Crippen molar-refractivity contribution in [2.24, 2.45) is 5.92 Å². The summed E-state index contributed by atoms with van der Waals surface area (Å²) in [6, 6.07) is 0. The summed E-state index contributed by atoms with van der Waals surface area (Å²) in [7, 11) is 0. The van der Waals surface area contributed by atoms with Gasteiger partial charge >= 0.3 is 0 Å². The fourth-order valence-corrected chi connectivity index (χ4v) is 5.92. The zero-order valence-electron chi connectivity index (χ0n) is 12.0. The van der Waals surface area contributed by atoms with E-state index in [0.717, 1.165) is 12.2 Å². The second kappa shape index (κ2) is 5.02. The molecule has 18 heavy (non-hydrogen) atoms. The highest BCUT2D eigenvalue weighted by Crippen LogP contribution is 2.45. The van der Waals surface area contributed by atoms with Gasteiger partial charge in [-0.05, 0) is 34.1 Å². The Morgan fingerprint density at radius 2 is 1.78 bits per heavy atom. The molecule has 0 saturated carbocycles. The van der Waals surface area contributed by atoms with Crippen molar-refractivity contribution in [1.82, 2.24) is 0 Å². The van der Waals surface area contributed by atoms with Crippen molar-refractivity contribution >= 4 is 29.3 Å². The molecule has 0 aliphatic carbocycles. The van der Waals surface area contributed by atoms with Crippen LogP contribution in [0.5, 0.6) is 0 Å². The molecule has 2 saturated heterocycles. The van der Waals surface area contributed by atoms with E-state index in [-0.39, 0.29) is 22.4 Å². The first-order valence-electron chi connectivity index (χ1n) is 6.70. The summed E-state index contributed by atoms with van der Waals surface area (Å²) in [6.45, 7) is 10.5. The van der Waals surface area contributed by atoms with Gasteiger partial charge in [0, 0.05) is 16.8 Å². The van der Waals surface area contributed by atoms with Crippen LogP contribution in [0, 0.1) is 5.92 Å². The highest BCUT2D eigenvalue weighted by molar-refractivity contribution is 8.07. The van der Waals surface area contributed by atoms with Crippen molar-refractivity contribution in [2.45, 2.75) is 62.7 Å². The van der Waals surface area contributed by atoms with E-state index < -0.39 is 0 Å². The lowest BCUT2D eigenvalue weighted by Crippen LogP contribution is -2.42. The Bertz CT molecular complexity index is 339. The summed E-state index contributed by atoms with van der Waals surface area (Å²) in [6.07, 6.45) is 0.854. The van der Waals surface area contributed by atoms with Crippen LogP contribution in [0.1, 0.15) is 41.0 Å². The lowest BCUT2D eigenvalue weighted by molar-refractivity contribution is -0.128. The molecule has 4 heteroatoms. The molecule has 0 aromatic carbocycles. The third-order valence-corrected chi connectivity index (χ3v) is 6.99. The standard InChI is InChI=1S/C14H24O2S2/c1-9-12(18-7-6-17-9)11(15)10-8-13(2,3)16-14(10,4)5/h9-10,12H,6-8H2,1-5H3. The topological polar surface area (TPSA) is 26.3 Å². The molecule has 3 unspecified atom stereocenters. The van der Waals surface area contributed by atoms with Crippen molar-refractivity contribution in [3.8, 4) is 0 Å². The molecule has 0 amide bonds. The van der Waals surface area contributed by atoms with Crippen LogP contribution in [0.2, 0.25) is 0 Å². The minimum absolute atomic E-state index is 0.0474. The van der Waals surface area contributed by atoms with Gasteiger partial charge in [0.1, 0.15) is 0 Å². The minimum Gasteiger partial charge on any atom is -0.369 e. The van der Waals surface area contributed by atoms with Crippen LogP contribution in [0.3, 0.4) is 0 Å². The van der Waals surface area contributed by atoms with Crippen LogP contribution in [-0.2, 0) is 9.53 Å². The van der Waals surface area contributed by atoms with E-state index in [1.165, 1.54) is 5.75 Å². The highest BCUT2D eigenvalue weighted by Gasteiger charge is 2.51. The van der Waals surface area contributed by atoms with Crippen LogP contribution in [-0.4, -0.2) is 39.0 Å². The number of ether oxygens (including phenoxy) is 1. The van der Waals surface area contributed by atoms with Gasteiger partial charge in [0.05, 0.1) is 22.4 Å². The molecular formula is C14H24O2S2. The monoisotopic (exact) mass is 288 g/mol. The number of Topliss-reactive ketones (excluding diaryl/α,β-unsaturated/α-hetero) is 1. The van der Waals surface area contributed by atoms with Gasteiger partial charge in [-0.3, -0.25) is 4.79 Å². The van der Waals surface area contributed by atoms with Crippen LogP contribution < -0.4 is 0 Å². The fraction of sp³-hybridized carbons (Fsp3) is 0.929. The van der Waals surface area contributed by atoms with Crippen molar-refractivity contribution in [2.75, 3.05) is 11.5 Å². The number of hydrogen-bond donors (Lipinski definition) is 0. The molecule has 0 spiro atoms. The van der Waals surface area contributed by atoms with Gasteiger partial charge in [-0.1, -0.05) is 6.92 Å². The normalized spacial score (nSPS) is 38.6. The first-order valence-corrected chi connectivity index (χ1v) is 8.80. The zero-order valence-corrected chi connectivity index (χ0v) is 13.6. The van der Waals surface area contributed by atoms with Gasteiger partial charge in [0.25, 0.3) is 0 Å². The van der Waals surface area contributed by atoms with Crippen molar-refractivity contribution in [3.05, 3.63) is 0 Å². The van der Waals surface area contributed by atoms with Gasteiger partial charge in [0.2, 0.25) is 0 Å². The third-order valence-electron chi connectivity index (χ3n) is 3.89. The Kier molecular flexibility index (Phi) is 4.11.